The van der Waals surface area contributed by atoms with Crippen LogP contribution in [0.2, 0.25) is 0 Å². The molecule has 1 heterocycles. The van der Waals surface area contributed by atoms with Gasteiger partial charge in [-0.1, -0.05) is 0 Å². The largest absolute Gasteiger partial charge is 0.465 e. The van der Waals surface area contributed by atoms with Gasteiger partial charge in [-0.15, -0.1) is 0 Å². The van der Waals surface area contributed by atoms with Crippen LogP contribution in [0.25, 0.3) is 0 Å². The Morgan fingerprint density at radius 2 is 1.83 bits per heavy atom. The highest BCUT2D eigenvalue weighted by Crippen LogP contribution is 2.18. The molecule has 0 saturated carbocycles. The molecule has 23 heavy (non-hydrogen) atoms. The van der Waals surface area contributed by atoms with E-state index in [-0.39, 0.29) is 11.7 Å². The number of carboxylic acid groups (broad SMARTS) is 1. The Labute approximate surface area is 132 Å². The minimum Gasteiger partial charge on any atom is -0.465 e. The zero-order valence-electron chi connectivity index (χ0n) is 12.9. The monoisotopic (exact) mass is 335 g/mol. The first kappa shape index (κ1) is 18.9. The Kier molecular flexibility index (Phi) is 6.47. The first-order chi connectivity index (χ1) is 10.6. The minimum absolute atomic E-state index is 0.0507. The van der Waals surface area contributed by atoms with Crippen LogP contribution in [0.3, 0.4) is 0 Å². The maximum atomic E-state index is 12.4. The summed E-state index contributed by atoms with van der Waals surface area (Å²) in [6, 6.07) is -0.190. The molecule has 1 saturated heterocycles. The number of hydrogen-bond acceptors (Lipinski definition) is 4. The van der Waals surface area contributed by atoms with Gasteiger partial charge in [-0.05, 0) is 18.9 Å². The molecule has 0 spiro atoms. The van der Waals surface area contributed by atoms with Gasteiger partial charge < -0.3 is 20.2 Å². The summed E-state index contributed by atoms with van der Waals surface area (Å²) in [7, 11) is 3.40. The van der Waals surface area contributed by atoms with Gasteiger partial charge in [-0.25, -0.2) is 4.79 Å². The first-order valence-corrected chi connectivity index (χ1v) is 7.01. The van der Waals surface area contributed by atoms with Crippen molar-refractivity contribution in [1.29, 1.82) is 0 Å². The second-order valence-electron chi connectivity index (χ2n) is 5.43. The SMILES string of the molecule is CN(C)/C=C/C(=C/C(=O)C(F)(F)F)NC1CCN(C(=O)O)CC1. The molecule has 1 rings (SSSR count). The molecule has 0 atom stereocenters. The van der Waals surface area contributed by atoms with E-state index in [0.717, 1.165) is 0 Å². The molecule has 1 amide bonds. The molecular weight excluding hydrogens is 315 g/mol. The highest BCUT2D eigenvalue weighted by molar-refractivity contribution is 5.95. The molecule has 1 aliphatic rings. The van der Waals surface area contributed by atoms with Gasteiger partial charge >= 0.3 is 12.3 Å². The van der Waals surface area contributed by atoms with E-state index < -0.39 is 18.1 Å². The standard InChI is InChI=1S/C14H20F3N3O3/c1-19(2)6-3-11(9-12(21)14(15,16)17)18-10-4-7-20(8-5-10)13(22)23/h3,6,9-10,18H,4-5,7-8H2,1-2H3,(H,22,23)/b6-3+,11-9-. The molecular formula is C14H20F3N3O3. The second kappa shape index (κ2) is 7.89. The van der Waals surface area contributed by atoms with E-state index in [1.807, 2.05) is 0 Å². The summed E-state index contributed by atoms with van der Waals surface area (Å²) in [6.45, 7) is 0.593. The van der Waals surface area contributed by atoms with Crippen molar-refractivity contribution in [2.24, 2.45) is 0 Å². The third-order valence-corrected chi connectivity index (χ3v) is 3.25. The summed E-state index contributed by atoms with van der Waals surface area (Å²) in [4.78, 5) is 24.8. The lowest BCUT2D eigenvalue weighted by Crippen LogP contribution is -2.44. The molecule has 0 aromatic carbocycles. The third kappa shape index (κ3) is 6.62. The topological polar surface area (TPSA) is 72.9 Å². The lowest BCUT2D eigenvalue weighted by Gasteiger charge is -2.31. The molecule has 9 heteroatoms. The van der Waals surface area contributed by atoms with Gasteiger partial charge in [0.15, 0.2) is 0 Å². The molecule has 0 bridgehead atoms. The highest BCUT2D eigenvalue weighted by Gasteiger charge is 2.36. The van der Waals surface area contributed by atoms with Crippen LogP contribution in [0.1, 0.15) is 12.8 Å². The van der Waals surface area contributed by atoms with E-state index in [1.54, 1.807) is 19.0 Å². The number of carbonyl (C=O) groups is 2. The molecule has 2 N–H and O–H groups in total. The van der Waals surface area contributed by atoms with E-state index in [0.29, 0.717) is 32.0 Å². The number of halogens is 3. The van der Waals surface area contributed by atoms with E-state index in [1.165, 1.54) is 17.2 Å². The van der Waals surface area contributed by atoms with Gasteiger partial charge in [0.25, 0.3) is 5.78 Å². The summed E-state index contributed by atoms with van der Waals surface area (Å²) in [6.07, 6.45) is -1.60. The van der Waals surface area contributed by atoms with Gasteiger partial charge in [0, 0.05) is 51.2 Å². The third-order valence-electron chi connectivity index (χ3n) is 3.25. The molecule has 0 aromatic heterocycles. The van der Waals surface area contributed by atoms with Gasteiger partial charge in [0.2, 0.25) is 0 Å². The zero-order chi connectivity index (χ0) is 17.6. The molecule has 0 unspecified atom stereocenters. The molecule has 6 nitrogen and oxygen atoms in total. The summed E-state index contributed by atoms with van der Waals surface area (Å²) >= 11 is 0. The second-order valence-corrected chi connectivity index (χ2v) is 5.43. The predicted octanol–water partition coefficient (Wildman–Crippen LogP) is 1.81. The van der Waals surface area contributed by atoms with E-state index in [2.05, 4.69) is 5.32 Å². The molecule has 130 valence electrons. The van der Waals surface area contributed by atoms with Crippen LogP contribution in [-0.4, -0.2) is 66.2 Å². The van der Waals surface area contributed by atoms with Gasteiger partial charge in [-0.2, -0.15) is 13.2 Å². The van der Waals surface area contributed by atoms with E-state index in [9.17, 15) is 22.8 Å². The average Bonchev–Trinajstić information content (AvgIpc) is 2.44. The number of alkyl halides is 3. The van der Waals surface area contributed by atoms with Crippen LogP contribution in [0.5, 0.6) is 0 Å². The number of likely N-dealkylation sites (tertiary alicyclic amines) is 1. The number of ketones is 1. The van der Waals surface area contributed by atoms with Crippen LogP contribution in [0, 0.1) is 0 Å². The van der Waals surface area contributed by atoms with Crippen molar-refractivity contribution < 1.29 is 27.9 Å². The number of amides is 1. The van der Waals surface area contributed by atoms with E-state index >= 15 is 0 Å². The van der Waals surface area contributed by atoms with Crippen LogP contribution in [0.15, 0.2) is 24.0 Å². The number of nitrogens with one attached hydrogen (secondary N) is 1. The fourth-order valence-corrected chi connectivity index (χ4v) is 2.04. The van der Waals surface area contributed by atoms with Gasteiger partial charge in [0.05, 0.1) is 0 Å². The maximum Gasteiger partial charge on any atom is 0.454 e. The summed E-state index contributed by atoms with van der Waals surface area (Å²) in [5.74, 6) is -1.94. The fourth-order valence-electron chi connectivity index (χ4n) is 2.04. The van der Waals surface area contributed by atoms with Crippen LogP contribution >= 0.6 is 0 Å². The molecule has 0 aliphatic carbocycles. The fraction of sp³-hybridized carbons (Fsp3) is 0.571. The lowest BCUT2D eigenvalue weighted by atomic mass is 10.0. The normalized spacial score (nSPS) is 17.4. The number of rotatable bonds is 5. The molecule has 1 aliphatic heterocycles. The maximum absolute atomic E-state index is 12.4. The van der Waals surface area contributed by atoms with Crippen LogP contribution in [0.4, 0.5) is 18.0 Å². The Morgan fingerprint density at radius 3 is 2.26 bits per heavy atom. The minimum atomic E-state index is -4.93. The number of hydrogen-bond donors (Lipinski definition) is 2. The molecule has 0 radical (unpaired) electrons. The van der Waals surface area contributed by atoms with Crippen LogP contribution in [-0.2, 0) is 4.79 Å². The first-order valence-electron chi connectivity index (χ1n) is 7.01. The molecule has 0 aromatic rings. The highest BCUT2D eigenvalue weighted by atomic mass is 19.4. The van der Waals surface area contributed by atoms with Gasteiger partial charge in [0.1, 0.15) is 0 Å². The van der Waals surface area contributed by atoms with E-state index in [4.69, 9.17) is 5.11 Å². The zero-order valence-corrected chi connectivity index (χ0v) is 12.9. The van der Waals surface area contributed by atoms with Crippen molar-refractivity contribution in [3.05, 3.63) is 24.0 Å². The van der Waals surface area contributed by atoms with Crippen molar-refractivity contribution in [3.63, 3.8) is 0 Å². The Balaban J connectivity index is 2.76. The number of nitrogens with zero attached hydrogens (tertiary/aromatic N) is 2. The van der Waals surface area contributed by atoms with Gasteiger partial charge in [-0.3, -0.25) is 4.79 Å². The quantitative estimate of drug-likeness (QED) is 0.592. The Morgan fingerprint density at radius 1 is 1.26 bits per heavy atom. The summed E-state index contributed by atoms with van der Waals surface area (Å²) in [5, 5.41) is 11.7. The van der Waals surface area contributed by atoms with Crippen molar-refractivity contribution in [1.82, 2.24) is 15.1 Å². The van der Waals surface area contributed by atoms with Crippen LogP contribution < -0.4 is 5.32 Å². The summed E-state index contributed by atoms with van der Waals surface area (Å²) in [5.41, 5.74) is 0.0507. The molecule has 1 fully saturated rings. The Bertz CT molecular complexity index is 493. The number of piperidine rings is 1. The van der Waals surface area contributed by atoms with Crippen molar-refractivity contribution in [3.8, 4) is 0 Å². The van der Waals surface area contributed by atoms with Crippen molar-refractivity contribution >= 4 is 11.9 Å². The lowest BCUT2D eigenvalue weighted by molar-refractivity contribution is -0.165. The Hall–Kier alpha value is -2.19. The summed E-state index contributed by atoms with van der Waals surface area (Å²) < 4.78 is 37.2. The smallest absolute Gasteiger partial charge is 0.454 e. The van der Waals surface area contributed by atoms with Crippen molar-refractivity contribution in [2.75, 3.05) is 27.2 Å². The predicted molar refractivity (Wildman–Crippen MR) is 77.7 cm³/mol. The van der Waals surface area contributed by atoms with Crippen molar-refractivity contribution in [2.45, 2.75) is 25.1 Å². The number of carbonyl (C=O) groups excluding carboxylic acids is 1. The number of allylic oxidation sites excluding steroid dienone is 2. The average molecular weight is 335 g/mol.